The molecule has 1 rings (SSSR count). The standard InChI is InChI=1S/C16H26N2S/c1-16(2,15(17)19)11-7-12-18(3)13-10-14-8-5-4-6-9-14/h4-6,8-9H,7,10-13H2,1-3H3,(H2,17,19). The summed E-state index contributed by atoms with van der Waals surface area (Å²) in [5, 5.41) is 0. The molecule has 0 radical (unpaired) electrons. The van der Waals surface area contributed by atoms with E-state index in [-0.39, 0.29) is 5.41 Å². The van der Waals surface area contributed by atoms with E-state index in [2.05, 4.69) is 56.1 Å². The first-order valence-electron chi connectivity index (χ1n) is 6.94. The van der Waals surface area contributed by atoms with Crippen LogP contribution in [0.1, 0.15) is 32.3 Å². The minimum atomic E-state index is -0.0183. The fourth-order valence-corrected chi connectivity index (χ4v) is 2.09. The molecule has 0 bridgehead atoms. The lowest BCUT2D eigenvalue weighted by Crippen LogP contribution is -2.31. The number of benzene rings is 1. The minimum absolute atomic E-state index is 0.0183. The fourth-order valence-electron chi connectivity index (χ4n) is 1.99. The van der Waals surface area contributed by atoms with Gasteiger partial charge in [0.25, 0.3) is 0 Å². The second-order valence-electron chi connectivity index (χ2n) is 5.89. The molecule has 0 aliphatic heterocycles. The van der Waals surface area contributed by atoms with Gasteiger partial charge in [-0.05, 0) is 38.4 Å². The lowest BCUT2D eigenvalue weighted by atomic mass is 9.88. The molecule has 0 fully saturated rings. The van der Waals surface area contributed by atoms with Crippen LogP contribution in [-0.2, 0) is 6.42 Å². The molecule has 0 atom stereocenters. The van der Waals surface area contributed by atoms with Gasteiger partial charge in [0.2, 0.25) is 0 Å². The number of rotatable bonds is 8. The maximum absolute atomic E-state index is 5.74. The van der Waals surface area contributed by atoms with Crippen LogP contribution in [0.5, 0.6) is 0 Å². The van der Waals surface area contributed by atoms with Gasteiger partial charge in [-0.15, -0.1) is 0 Å². The zero-order chi connectivity index (χ0) is 14.3. The van der Waals surface area contributed by atoms with Crippen molar-refractivity contribution in [2.45, 2.75) is 33.1 Å². The first kappa shape index (κ1) is 16.1. The maximum atomic E-state index is 5.74. The normalized spacial score (nSPS) is 11.8. The largest absolute Gasteiger partial charge is 0.393 e. The Hall–Kier alpha value is -0.930. The molecule has 1 aromatic rings. The van der Waals surface area contributed by atoms with Crippen LogP contribution < -0.4 is 5.73 Å². The zero-order valence-corrected chi connectivity index (χ0v) is 13.2. The number of likely N-dealkylation sites (N-methyl/N-ethyl adjacent to an activating group) is 1. The molecule has 1 aromatic carbocycles. The van der Waals surface area contributed by atoms with Crippen molar-refractivity contribution in [3.63, 3.8) is 0 Å². The summed E-state index contributed by atoms with van der Waals surface area (Å²) in [6, 6.07) is 10.6. The lowest BCUT2D eigenvalue weighted by Gasteiger charge is -2.24. The Morgan fingerprint density at radius 2 is 1.84 bits per heavy atom. The monoisotopic (exact) mass is 278 g/mol. The van der Waals surface area contributed by atoms with E-state index >= 15 is 0 Å². The third-order valence-electron chi connectivity index (χ3n) is 3.63. The highest BCUT2D eigenvalue weighted by Gasteiger charge is 2.20. The number of nitrogens with two attached hydrogens (primary N) is 1. The van der Waals surface area contributed by atoms with Crippen LogP contribution >= 0.6 is 12.2 Å². The molecule has 2 N–H and O–H groups in total. The van der Waals surface area contributed by atoms with Crippen molar-refractivity contribution in [1.29, 1.82) is 0 Å². The van der Waals surface area contributed by atoms with Gasteiger partial charge in [-0.3, -0.25) is 0 Å². The van der Waals surface area contributed by atoms with Gasteiger partial charge in [0.15, 0.2) is 0 Å². The smallest absolute Gasteiger partial charge is 0.0784 e. The Bertz CT molecular complexity index is 387. The van der Waals surface area contributed by atoms with E-state index in [1.807, 2.05) is 0 Å². The average Bonchev–Trinajstić information content (AvgIpc) is 2.37. The Balaban J connectivity index is 2.22. The van der Waals surface area contributed by atoms with E-state index in [9.17, 15) is 0 Å². The van der Waals surface area contributed by atoms with E-state index in [0.29, 0.717) is 4.99 Å². The molecule has 106 valence electrons. The molecule has 0 saturated carbocycles. The number of hydrogen-bond donors (Lipinski definition) is 1. The topological polar surface area (TPSA) is 29.3 Å². The van der Waals surface area contributed by atoms with Crippen molar-refractivity contribution in [1.82, 2.24) is 4.90 Å². The SMILES string of the molecule is CN(CCCC(C)(C)C(N)=S)CCc1ccccc1. The first-order valence-corrected chi connectivity index (χ1v) is 7.35. The highest BCUT2D eigenvalue weighted by molar-refractivity contribution is 7.80. The van der Waals surface area contributed by atoms with E-state index in [4.69, 9.17) is 18.0 Å². The quantitative estimate of drug-likeness (QED) is 0.740. The molecular weight excluding hydrogens is 252 g/mol. The Morgan fingerprint density at radius 1 is 1.21 bits per heavy atom. The van der Waals surface area contributed by atoms with Gasteiger partial charge >= 0.3 is 0 Å². The van der Waals surface area contributed by atoms with Crippen LogP contribution in [0.2, 0.25) is 0 Å². The third kappa shape index (κ3) is 6.17. The molecular formula is C16H26N2S. The third-order valence-corrected chi connectivity index (χ3v) is 4.19. The zero-order valence-electron chi connectivity index (χ0n) is 12.4. The summed E-state index contributed by atoms with van der Waals surface area (Å²) in [6.45, 7) is 6.44. The number of thiocarbonyl (C=S) groups is 1. The van der Waals surface area contributed by atoms with Gasteiger partial charge in [0.1, 0.15) is 0 Å². The second kappa shape index (κ2) is 7.61. The summed E-state index contributed by atoms with van der Waals surface area (Å²) in [7, 11) is 2.18. The van der Waals surface area contributed by atoms with Gasteiger partial charge in [0, 0.05) is 12.0 Å². The van der Waals surface area contributed by atoms with Crippen LogP contribution in [0.25, 0.3) is 0 Å². The van der Waals surface area contributed by atoms with Gasteiger partial charge in [-0.1, -0.05) is 56.4 Å². The van der Waals surface area contributed by atoms with E-state index < -0.39 is 0 Å². The van der Waals surface area contributed by atoms with Gasteiger partial charge in [-0.2, -0.15) is 0 Å². The average molecular weight is 278 g/mol. The van der Waals surface area contributed by atoms with Gasteiger partial charge in [0.05, 0.1) is 4.99 Å². The molecule has 0 heterocycles. The summed E-state index contributed by atoms with van der Waals surface area (Å²) in [5.74, 6) is 0. The van der Waals surface area contributed by atoms with Crippen molar-refractivity contribution in [3.8, 4) is 0 Å². The summed E-state index contributed by atoms with van der Waals surface area (Å²) >= 11 is 5.09. The predicted molar refractivity (Wildman–Crippen MR) is 87.4 cm³/mol. The van der Waals surface area contributed by atoms with Gasteiger partial charge < -0.3 is 10.6 Å². The molecule has 0 aromatic heterocycles. The van der Waals surface area contributed by atoms with Crippen molar-refractivity contribution in [2.75, 3.05) is 20.1 Å². The summed E-state index contributed by atoms with van der Waals surface area (Å²) in [4.78, 5) is 3.00. The summed E-state index contributed by atoms with van der Waals surface area (Å²) in [5.41, 5.74) is 7.12. The molecule has 0 spiro atoms. The van der Waals surface area contributed by atoms with E-state index in [1.54, 1.807) is 0 Å². The van der Waals surface area contributed by atoms with Crippen LogP contribution in [-0.4, -0.2) is 30.0 Å². The predicted octanol–water partition coefficient (Wildman–Crippen LogP) is 3.25. The molecule has 2 nitrogen and oxygen atoms in total. The fraction of sp³-hybridized carbons (Fsp3) is 0.562. The van der Waals surface area contributed by atoms with Crippen LogP contribution in [0, 0.1) is 5.41 Å². The maximum Gasteiger partial charge on any atom is 0.0784 e. The van der Waals surface area contributed by atoms with Crippen LogP contribution in [0.3, 0.4) is 0 Å². The second-order valence-corrected chi connectivity index (χ2v) is 6.33. The molecule has 0 amide bonds. The molecule has 19 heavy (non-hydrogen) atoms. The van der Waals surface area contributed by atoms with Crippen LogP contribution in [0.4, 0.5) is 0 Å². The minimum Gasteiger partial charge on any atom is -0.393 e. The molecule has 3 heteroatoms. The Morgan fingerprint density at radius 3 is 2.42 bits per heavy atom. The van der Waals surface area contributed by atoms with Crippen molar-refractivity contribution < 1.29 is 0 Å². The van der Waals surface area contributed by atoms with Crippen LogP contribution in [0.15, 0.2) is 30.3 Å². The Labute approximate surface area is 123 Å². The molecule has 0 aliphatic rings. The molecule has 0 aliphatic carbocycles. The molecule has 0 saturated heterocycles. The Kier molecular flexibility index (Phi) is 6.46. The van der Waals surface area contributed by atoms with E-state index in [1.165, 1.54) is 5.56 Å². The van der Waals surface area contributed by atoms with Crippen molar-refractivity contribution in [3.05, 3.63) is 35.9 Å². The highest BCUT2D eigenvalue weighted by Crippen LogP contribution is 2.22. The lowest BCUT2D eigenvalue weighted by molar-refractivity contribution is 0.311. The van der Waals surface area contributed by atoms with Crippen molar-refractivity contribution >= 4 is 17.2 Å². The summed E-state index contributed by atoms with van der Waals surface area (Å²) < 4.78 is 0. The molecule has 0 unspecified atom stereocenters. The van der Waals surface area contributed by atoms with Gasteiger partial charge in [-0.25, -0.2) is 0 Å². The highest BCUT2D eigenvalue weighted by atomic mass is 32.1. The van der Waals surface area contributed by atoms with E-state index in [0.717, 1.165) is 32.4 Å². The first-order chi connectivity index (χ1) is 8.92. The number of hydrogen-bond acceptors (Lipinski definition) is 2. The summed E-state index contributed by atoms with van der Waals surface area (Å²) in [6.07, 6.45) is 3.30. The number of nitrogens with zero attached hydrogens (tertiary/aromatic N) is 1. The van der Waals surface area contributed by atoms with Crippen molar-refractivity contribution in [2.24, 2.45) is 11.1 Å².